The van der Waals surface area contributed by atoms with Gasteiger partial charge in [0.05, 0.1) is 11.0 Å². The number of aliphatic hydroxyl groups is 1. The Morgan fingerprint density at radius 3 is 2.91 bits per heavy atom. The minimum atomic E-state index is -0.658. The molecule has 0 saturated heterocycles. The van der Waals surface area contributed by atoms with Crippen LogP contribution in [0.15, 0.2) is 42.6 Å². The van der Waals surface area contributed by atoms with Crippen LogP contribution in [0.25, 0.3) is 0 Å². The third-order valence-electron chi connectivity index (χ3n) is 2.82. The molecule has 1 amide bonds. The number of ether oxygens (including phenoxy) is 1. The van der Waals surface area contributed by atoms with Crippen molar-refractivity contribution in [2.75, 3.05) is 6.54 Å². The van der Waals surface area contributed by atoms with E-state index in [4.69, 9.17) is 9.84 Å². The maximum Gasteiger partial charge on any atom is 0.331 e. The zero-order valence-corrected chi connectivity index (χ0v) is 12.3. The van der Waals surface area contributed by atoms with Gasteiger partial charge in [0.25, 0.3) is 11.8 Å². The van der Waals surface area contributed by atoms with Crippen LogP contribution >= 0.6 is 0 Å². The molecule has 0 aliphatic heterocycles. The van der Waals surface area contributed by atoms with Gasteiger partial charge in [-0.2, -0.15) is 0 Å². The van der Waals surface area contributed by atoms with Crippen molar-refractivity contribution in [1.82, 2.24) is 10.3 Å². The molecule has 120 valence electrons. The average molecular weight is 317 g/mol. The fourth-order valence-corrected chi connectivity index (χ4v) is 1.75. The van der Waals surface area contributed by atoms with Crippen LogP contribution in [0.5, 0.6) is 11.6 Å². The highest BCUT2D eigenvalue weighted by Gasteiger charge is 2.17. The second kappa shape index (κ2) is 7.32. The van der Waals surface area contributed by atoms with Crippen LogP contribution in [-0.4, -0.2) is 33.6 Å². The molecule has 0 aliphatic rings. The third kappa shape index (κ3) is 4.48. The molecule has 1 heterocycles. The maximum atomic E-state index is 11.9. The van der Waals surface area contributed by atoms with Crippen molar-refractivity contribution in [3.05, 3.63) is 58.3 Å². The van der Waals surface area contributed by atoms with E-state index in [1.54, 1.807) is 25.1 Å². The summed E-state index contributed by atoms with van der Waals surface area (Å²) in [4.78, 5) is 26.1. The number of hydrogen-bond acceptors (Lipinski definition) is 6. The molecule has 2 aromatic rings. The molecule has 2 N–H and O–H groups in total. The number of benzene rings is 1. The fourth-order valence-electron chi connectivity index (χ4n) is 1.75. The number of carbonyl (C=O) groups is 1. The highest BCUT2D eigenvalue weighted by Crippen LogP contribution is 2.28. The molecule has 8 heteroatoms. The smallest absolute Gasteiger partial charge is 0.331 e. The van der Waals surface area contributed by atoms with Gasteiger partial charge in [-0.15, -0.1) is 0 Å². The lowest BCUT2D eigenvalue weighted by atomic mass is 10.2. The van der Waals surface area contributed by atoms with Crippen molar-refractivity contribution in [2.45, 2.75) is 13.0 Å². The first kappa shape index (κ1) is 16.4. The topological polar surface area (TPSA) is 115 Å². The van der Waals surface area contributed by atoms with E-state index >= 15 is 0 Å². The van der Waals surface area contributed by atoms with Crippen LogP contribution in [0, 0.1) is 10.1 Å². The molecule has 0 saturated carbocycles. The number of nitrogens with zero attached hydrogens (tertiary/aromatic N) is 2. The van der Waals surface area contributed by atoms with Gasteiger partial charge in [-0.3, -0.25) is 14.9 Å². The lowest BCUT2D eigenvalue weighted by molar-refractivity contribution is -0.386. The second-order valence-electron chi connectivity index (χ2n) is 4.77. The summed E-state index contributed by atoms with van der Waals surface area (Å²) < 4.78 is 5.41. The molecule has 0 aliphatic carbocycles. The third-order valence-corrected chi connectivity index (χ3v) is 2.82. The number of amides is 1. The van der Waals surface area contributed by atoms with E-state index < -0.39 is 11.0 Å². The van der Waals surface area contributed by atoms with Crippen LogP contribution < -0.4 is 10.1 Å². The van der Waals surface area contributed by atoms with Gasteiger partial charge in [-0.1, -0.05) is 6.07 Å². The standard InChI is InChI=1S/C15H15N3O5/c1-10(19)9-17-14(20)11-4-2-5-12(8-11)23-15-13(18(21)22)6-3-7-16-15/h2-8,10,19H,9H2,1H3,(H,17,20). The Hall–Kier alpha value is -3.00. The molecular weight excluding hydrogens is 302 g/mol. The Morgan fingerprint density at radius 1 is 1.43 bits per heavy atom. The largest absolute Gasteiger partial charge is 0.434 e. The van der Waals surface area contributed by atoms with Gasteiger partial charge in [0.1, 0.15) is 5.75 Å². The van der Waals surface area contributed by atoms with Gasteiger partial charge >= 0.3 is 5.69 Å². The van der Waals surface area contributed by atoms with E-state index in [1.165, 1.54) is 24.4 Å². The number of carbonyl (C=O) groups excluding carboxylic acids is 1. The summed E-state index contributed by atoms with van der Waals surface area (Å²) >= 11 is 0. The molecule has 0 spiro atoms. The molecular formula is C15H15N3O5. The summed E-state index contributed by atoms with van der Waals surface area (Å²) in [5.41, 5.74) is 0.0400. The summed E-state index contributed by atoms with van der Waals surface area (Å²) in [6.45, 7) is 1.68. The van der Waals surface area contributed by atoms with Gasteiger partial charge in [0.2, 0.25) is 0 Å². The van der Waals surface area contributed by atoms with Crippen LogP contribution in [0.3, 0.4) is 0 Å². The Labute approximate surface area is 131 Å². The molecule has 0 radical (unpaired) electrons. The van der Waals surface area contributed by atoms with E-state index in [9.17, 15) is 14.9 Å². The monoisotopic (exact) mass is 317 g/mol. The summed E-state index contributed by atoms with van der Waals surface area (Å²) in [5.74, 6) is -0.289. The quantitative estimate of drug-likeness (QED) is 0.621. The predicted molar refractivity (Wildman–Crippen MR) is 81.4 cm³/mol. The van der Waals surface area contributed by atoms with E-state index in [0.29, 0.717) is 5.56 Å². The summed E-state index contributed by atoms with van der Waals surface area (Å²) in [6.07, 6.45) is 0.719. The maximum absolute atomic E-state index is 11.9. The second-order valence-corrected chi connectivity index (χ2v) is 4.77. The van der Waals surface area contributed by atoms with Crippen molar-refractivity contribution in [1.29, 1.82) is 0 Å². The number of rotatable bonds is 6. The molecule has 8 nitrogen and oxygen atoms in total. The van der Waals surface area contributed by atoms with E-state index in [1.807, 2.05) is 0 Å². The van der Waals surface area contributed by atoms with Gasteiger partial charge < -0.3 is 15.2 Å². The molecule has 1 unspecified atom stereocenters. The van der Waals surface area contributed by atoms with Crippen LogP contribution in [0.1, 0.15) is 17.3 Å². The van der Waals surface area contributed by atoms with E-state index in [-0.39, 0.29) is 29.8 Å². The van der Waals surface area contributed by atoms with Crippen molar-refractivity contribution >= 4 is 11.6 Å². The van der Waals surface area contributed by atoms with E-state index in [2.05, 4.69) is 10.3 Å². The molecule has 23 heavy (non-hydrogen) atoms. The van der Waals surface area contributed by atoms with Crippen LogP contribution in [0.2, 0.25) is 0 Å². The minimum absolute atomic E-state index is 0.121. The summed E-state index contributed by atoms with van der Waals surface area (Å²) in [5, 5.41) is 22.7. The first-order valence-corrected chi connectivity index (χ1v) is 6.81. The number of hydrogen-bond donors (Lipinski definition) is 2. The molecule has 1 aromatic heterocycles. The normalized spacial score (nSPS) is 11.6. The Morgan fingerprint density at radius 2 is 2.22 bits per heavy atom. The van der Waals surface area contributed by atoms with Gasteiger partial charge in [-0.05, 0) is 31.2 Å². The lowest BCUT2D eigenvalue weighted by Crippen LogP contribution is -2.30. The molecule has 1 aromatic carbocycles. The number of aliphatic hydroxyl groups excluding tert-OH is 1. The predicted octanol–water partition coefficient (Wildman–Crippen LogP) is 1.89. The molecule has 0 fully saturated rings. The Balaban J connectivity index is 2.18. The van der Waals surface area contributed by atoms with Crippen LogP contribution in [-0.2, 0) is 0 Å². The van der Waals surface area contributed by atoms with Gasteiger partial charge in [-0.25, -0.2) is 4.98 Å². The zero-order valence-electron chi connectivity index (χ0n) is 12.3. The first-order valence-electron chi connectivity index (χ1n) is 6.81. The average Bonchev–Trinajstić information content (AvgIpc) is 2.53. The first-order chi connectivity index (χ1) is 11.0. The fraction of sp³-hybridized carbons (Fsp3) is 0.200. The van der Waals surface area contributed by atoms with Crippen molar-refractivity contribution in [3.8, 4) is 11.6 Å². The lowest BCUT2D eigenvalue weighted by Gasteiger charge is -2.09. The van der Waals surface area contributed by atoms with Crippen molar-refractivity contribution in [3.63, 3.8) is 0 Å². The zero-order chi connectivity index (χ0) is 16.8. The number of pyridine rings is 1. The Bertz CT molecular complexity index is 718. The highest BCUT2D eigenvalue weighted by molar-refractivity contribution is 5.94. The Kier molecular flexibility index (Phi) is 5.21. The molecule has 0 bridgehead atoms. The van der Waals surface area contributed by atoms with E-state index in [0.717, 1.165) is 0 Å². The van der Waals surface area contributed by atoms with Gasteiger partial charge in [0.15, 0.2) is 0 Å². The summed E-state index contributed by atoms with van der Waals surface area (Å²) in [7, 11) is 0. The number of aromatic nitrogens is 1. The molecule has 2 rings (SSSR count). The minimum Gasteiger partial charge on any atom is -0.434 e. The number of nitro groups is 1. The van der Waals surface area contributed by atoms with Gasteiger partial charge in [0, 0.05) is 24.4 Å². The van der Waals surface area contributed by atoms with Crippen molar-refractivity contribution < 1.29 is 19.6 Å². The highest BCUT2D eigenvalue weighted by atomic mass is 16.6. The summed E-state index contributed by atoms with van der Waals surface area (Å²) in [6, 6.07) is 8.87. The SMILES string of the molecule is CC(O)CNC(=O)c1cccc(Oc2ncccc2[N+](=O)[O-])c1. The number of nitrogens with one attached hydrogen (secondary N) is 1. The molecule has 1 atom stereocenters. The van der Waals surface area contributed by atoms with Crippen LogP contribution in [0.4, 0.5) is 5.69 Å². The van der Waals surface area contributed by atoms with Crippen molar-refractivity contribution in [2.24, 2.45) is 0 Å².